The summed E-state index contributed by atoms with van der Waals surface area (Å²) in [6.45, 7) is 0. The Morgan fingerprint density at radius 3 is 3.00 bits per heavy atom. The Morgan fingerprint density at radius 1 is 1.57 bits per heavy atom. The van der Waals surface area contributed by atoms with Gasteiger partial charge in [-0.05, 0) is 12.1 Å². The number of cyclic esters (lactones) is 1. The molecule has 0 radical (unpaired) electrons. The van der Waals surface area contributed by atoms with Crippen molar-refractivity contribution >= 4 is 5.97 Å². The summed E-state index contributed by atoms with van der Waals surface area (Å²) >= 11 is 0. The molecule has 2 unspecified atom stereocenters. The molecule has 0 bridgehead atoms. The van der Waals surface area contributed by atoms with Crippen molar-refractivity contribution < 1.29 is 9.53 Å². The van der Waals surface area contributed by atoms with E-state index in [1.54, 1.807) is 18.3 Å². The number of aromatic nitrogens is 1. The number of nitrogens with zero attached hydrogens (tertiary/aromatic N) is 2. The quantitative estimate of drug-likeness (QED) is 0.621. The van der Waals surface area contributed by atoms with Gasteiger partial charge in [0.2, 0.25) is 0 Å². The lowest BCUT2D eigenvalue weighted by Crippen LogP contribution is -2.03. The van der Waals surface area contributed by atoms with E-state index in [0.29, 0.717) is 12.1 Å². The zero-order valence-corrected chi connectivity index (χ0v) is 7.38. The number of hydrogen-bond acceptors (Lipinski definition) is 4. The van der Waals surface area contributed by atoms with Crippen LogP contribution in [0.4, 0.5) is 0 Å². The third kappa shape index (κ3) is 1.44. The van der Waals surface area contributed by atoms with E-state index < -0.39 is 11.9 Å². The molecule has 2 rings (SSSR count). The van der Waals surface area contributed by atoms with E-state index in [1.807, 2.05) is 12.1 Å². The van der Waals surface area contributed by atoms with Crippen molar-refractivity contribution in [1.82, 2.24) is 4.98 Å². The van der Waals surface area contributed by atoms with Crippen LogP contribution in [0.5, 0.6) is 0 Å². The first kappa shape index (κ1) is 8.70. The summed E-state index contributed by atoms with van der Waals surface area (Å²) in [7, 11) is 0. The number of rotatable bonds is 1. The highest BCUT2D eigenvalue weighted by atomic mass is 16.6. The summed E-state index contributed by atoms with van der Waals surface area (Å²) < 4.78 is 5.03. The molecule has 70 valence electrons. The maximum atomic E-state index is 11.1. The fourth-order valence-electron chi connectivity index (χ4n) is 1.43. The molecule has 0 saturated carbocycles. The van der Waals surface area contributed by atoms with Crippen LogP contribution in [-0.4, -0.2) is 11.0 Å². The number of ether oxygens (including phenoxy) is 1. The molecule has 1 aromatic rings. The van der Waals surface area contributed by atoms with Crippen LogP contribution in [-0.2, 0) is 9.53 Å². The molecule has 1 aliphatic heterocycles. The Hall–Kier alpha value is -1.89. The second kappa shape index (κ2) is 3.46. The molecule has 0 amide bonds. The van der Waals surface area contributed by atoms with E-state index in [4.69, 9.17) is 10.00 Å². The van der Waals surface area contributed by atoms with Crippen LogP contribution < -0.4 is 0 Å². The summed E-state index contributed by atoms with van der Waals surface area (Å²) in [5.41, 5.74) is 0.707. The fraction of sp³-hybridized carbons (Fsp3) is 0.300. The number of pyridine rings is 1. The van der Waals surface area contributed by atoms with Gasteiger partial charge in [0.1, 0.15) is 12.0 Å². The van der Waals surface area contributed by atoms with Gasteiger partial charge >= 0.3 is 5.97 Å². The van der Waals surface area contributed by atoms with Crippen LogP contribution in [0.25, 0.3) is 0 Å². The van der Waals surface area contributed by atoms with Crippen LogP contribution in [0.3, 0.4) is 0 Å². The van der Waals surface area contributed by atoms with Crippen molar-refractivity contribution in [1.29, 1.82) is 5.26 Å². The lowest BCUT2D eigenvalue weighted by Gasteiger charge is -2.06. The van der Waals surface area contributed by atoms with Gasteiger partial charge in [-0.2, -0.15) is 5.26 Å². The first-order valence-corrected chi connectivity index (χ1v) is 4.32. The monoisotopic (exact) mass is 188 g/mol. The number of esters is 1. The smallest absolute Gasteiger partial charge is 0.324 e. The van der Waals surface area contributed by atoms with Gasteiger partial charge in [0.15, 0.2) is 0 Å². The second-order valence-corrected chi connectivity index (χ2v) is 3.10. The van der Waals surface area contributed by atoms with Gasteiger partial charge in [-0.1, -0.05) is 6.07 Å². The Labute approximate surface area is 81.1 Å². The van der Waals surface area contributed by atoms with Crippen LogP contribution in [0, 0.1) is 17.2 Å². The second-order valence-electron chi connectivity index (χ2n) is 3.10. The molecular weight excluding hydrogens is 180 g/mol. The van der Waals surface area contributed by atoms with Gasteiger partial charge in [0.25, 0.3) is 0 Å². The highest BCUT2D eigenvalue weighted by Gasteiger charge is 2.35. The third-order valence-corrected chi connectivity index (χ3v) is 2.17. The molecule has 4 heteroatoms. The van der Waals surface area contributed by atoms with E-state index in [0.717, 1.165) is 0 Å². The first-order valence-electron chi connectivity index (χ1n) is 4.32. The molecule has 14 heavy (non-hydrogen) atoms. The molecule has 0 spiro atoms. The Balaban J connectivity index is 2.18. The molecule has 1 aliphatic rings. The van der Waals surface area contributed by atoms with Crippen LogP contribution >= 0.6 is 0 Å². The van der Waals surface area contributed by atoms with Crippen LogP contribution in [0.2, 0.25) is 0 Å². The van der Waals surface area contributed by atoms with Gasteiger partial charge in [0, 0.05) is 12.6 Å². The predicted octanol–water partition coefficient (Wildman–Crippen LogP) is 1.21. The van der Waals surface area contributed by atoms with Crippen LogP contribution in [0.1, 0.15) is 18.2 Å². The van der Waals surface area contributed by atoms with Crippen molar-refractivity contribution in [2.24, 2.45) is 5.92 Å². The molecule has 2 heterocycles. The largest absolute Gasteiger partial charge is 0.455 e. The summed E-state index contributed by atoms with van der Waals surface area (Å²) in [6.07, 6.45) is 1.70. The highest BCUT2D eigenvalue weighted by Crippen LogP contribution is 2.31. The van der Waals surface area contributed by atoms with Crippen molar-refractivity contribution in [3.05, 3.63) is 30.1 Å². The van der Waals surface area contributed by atoms with E-state index in [9.17, 15) is 4.79 Å². The standard InChI is InChI=1S/C10H8N2O2/c11-6-7-5-9(14-10(7)13)8-3-1-2-4-12-8/h1-4,7,9H,5H2. The third-order valence-electron chi connectivity index (χ3n) is 2.17. The lowest BCUT2D eigenvalue weighted by atomic mass is 10.1. The summed E-state index contributed by atoms with van der Waals surface area (Å²) in [4.78, 5) is 15.2. The number of hydrogen-bond donors (Lipinski definition) is 0. The van der Waals surface area contributed by atoms with Gasteiger partial charge in [-0.25, -0.2) is 0 Å². The van der Waals surface area contributed by atoms with Gasteiger partial charge in [-0.3, -0.25) is 9.78 Å². The van der Waals surface area contributed by atoms with Crippen molar-refractivity contribution in [2.45, 2.75) is 12.5 Å². The minimum absolute atomic E-state index is 0.353. The average molecular weight is 188 g/mol. The number of nitriles is 1. The molecule has 0 aromatic carbocycles. The Bertz CT molecular complexity index is 383. The zero-order chi connectivity index (χ0) is 9.97. The van der Waals surface area contributed by atoms with Crippen molar-refractivity contribution in [3.63, 3.8) is 0 Å². The molecule has 2 atom stereocenters. The topological polar surface area (TPSA) is 63.0 Å². The molecule has 0 N–H and O–H groups in total. The Morgan fingerprint density at radius 2 is 2.43 bits per heavy atom. The van der Waals surface area contributed by atoms with E-state index >= 15 is 0 Å². The molecule has 4 nitrogen and oxygen atoms in total. The van der Waals surface area contributed by atoms with Gasteiger partial charge in [0.05, 0.1) is 11.8 Å². The molecular formula is C10H8N2O2. The predicted molar refractivity (Wildman–Crippen MR) is 46.8 cm³/mol. The fourth-order valence-corrected chi connectivity index (χ4v) is 1.43. The minimum atomic E-state index is -0.637. The van der Waals surface area contributed by atoms with Gasteiger partial charge in [-0.15, -0.1) is 0 Å². The molecule has 0 aliphatic carbocycles. The lowest BCUT2D eigenvalue weighted by molar-refractivity contribution is -0.143. The molecule has 1 saturated heterocycles. The highest BCUT2D eigenvalue weighted by molar-refractivity contribution is 5.77. The normalized spacial score (nSPS) is 25.5. The average Bonchev–Trinajstić information content (AvgIpc) is 2.61. The van der Waals surface area contributed by atoms with E-state index in [-0.39, 0.29) is 6.10 Å². The van der Waals surface area contributed by atoms with Crippen molar-refractivity contribution in [2.75, 3.05) is 0 Å². The number of carbonyl (C=O) groups excluding carboxylic acids is 1. The molecule has 1 fully saturated rings. The Kier molecular flexibility index (Phi) is 2.15. The summed E-state index contributed by atoms with van der Waals surface area (Å²) in [5, 5.41) is 8.63. The zero-order valence-electron chi connectivity index (χ0n) is 7.38. The van der Waals surface area contributed by atoms with Crippen molar-refractivity contribution in [3.8, 4) is 6.07 Å². The maximum Gasteiger partial charge on any atom is 0.324 e. The van der Waals surface area contributed by atoms with E-state index in [2.05, 4.69) is 4.98 Å². The first-order chi connectivity index (χ1) is 6.81. The summed E-state index contributed by atoms with van der Waals surface area (Å²) in [6, 6.07) is 7.32. The number of carbonyl (C=O) groups is 1. The van der Waals surface area contributed by atoms with Crippen LogP contribution in [0.15, 0.2) is 24.4 Å². The maximum absolute atomic E-state index is 11.1. The summed E-state index contributed by atoms with van der Waals surface area (Å²) in [5.74, 6) is -1.08. The SMILES string of the molecule is N#CC1CC(c2ccccn2)OC1=O. The minimum Gasteiger partial charge on any atom is -0.455 e. The van der Waals surface area contributed by atoms with E-state index in [1.165, 1.54) is 0 Å². The van der Waals surface area contributed by atoms with Gasteiger partial charge < -0.3 is 4.74 Å². The molecule has 1 aromatic heterocycles.